The topological polar surface area (TPSA) is 122 Å². The number of oxazole rings is 1. The van der Waals surface area contributed by atoms with Gasteiger partial charge in [0.05, 0.1) is 6.20 Å². The quantitative estimate of drug-likeness (QED) is 0.343. The number of nitrogens with zero attached hydrogens (tertiary/aromatic N) is 3. The standard InChI is InChI=1S/C18H28N6O3S/c1-5-20-17(23-13-16-22-12-15(27-16)18(2,3)4)21-9-10-24-28(25,26)14-7-6-8-19-11-14/h6-8,11-12,24H,5,9-10,13H2,1-4H3,(H2,20,21,23). The van der Waals surface area contributed by atoms with Crippen LogP contribution in [0.2, 0.25) is 0 Å². The molecule has 3 N–H and O–H groups in total. The first kappa shape index (κ1) is 21.8. The Morgan fingerprint density at radius 3 is 2.61 bits per heavy atom. The fraction of sp³-hybridized carbons (Fsp3) is 0.500. The molecule has 0 aliphatic rings. The van der Waals surface area contributed by atoms with E-state index < -0.39 is 10.0 Å². The Labute approximate surface area is 166 Å². The van der Waals surface area contributed by atoms with Crippen molar-refractivity contribution in [2.24, 2.45) is 4.99 Å². The van der Waals surface area contributed by atoms with E-state index in [0.29, 0.717) is 24.9 Å². The number of hydrogen-bond donors (Lipinski definition) is 3. The van der Waals surface area contributed by atoms with Crippen LogP contribution in [-0.2, 0) is 22.0 Å². The number of pyridine rings is 1. The Morgan fingerprint density at radius 2 is 2.00 bits per heavy atom. The molecule has 0 radical (unpaired) electrons. The highest BCUT2D eigenvalue weighted by Crippen LogP contribution is 2.22. The van der Waals surface area contributed by atoms with Crippen LogP contribution in [0.1, 0.15) is 39.3 Å². The smallest absolute Gasteiger partial charge is 0.242 e. The van der Waals surface area contributed by atoms with Crippen LogP contribution in [-0.4, -0.2) is 44.0 Å². The average molecular weight is 409 g/mol. The van der Waals surface area contributed by atoms with Gasteiger partial charge in [-0.2, -0.15) is 0 Å². The molecule has 0 amide bonds. The Kier molecular flexibility index (Phi) is 7.53. The predicted octanol–water partition coefficient (Wildman–Crippen LogP) is 1.40. The lowest BCUT2D eigenvalue weighted by Crippen LogP contribution is -2.41. The van der Waals surface area contributed by atoms with Crippen molar-refractivity contribution in [2.45, 2.75) is 44.6 Å². The van der Waals surface area contributed by atoms with Crippen LogP contribution in [0.5, 0.6) is 0 Å². The number of rotatable bonds is 8. The summed E-state index contributed by atoms with van der Waals surface area (Å²) in [6, 6.07) is 3.08. The number of aliphatic imine (C=N–C) groups is 1. The van der Waals surface area contributed by atoms with Crippen molar-refractivity contribution in [3.8, 4) is 0 Å². The first-order chi connectivity index (χ1) is 13.2. The van der Waals surface area contributed by atoms with Crippen LogP contribution in [0, 0.1) is 0 Å². The van der Waals surface area contributed by atoms with Gasteiger partial charge in [0.1, 0.15) is 17.2 Å². The Morgan fingerprint density at radius 1 is 1.21 bits per heavy atom. The molecule has 2 heterocycles. The summed E-state index contributed by atoms with van der Waals surface area (Å²) >= 11 is 0. The summed E-state index contributed by atoms with van der Waals surface area (Å²) in [7, 11) is -3.57. The highest BCUT2D eigenvalue weighted by molar-refractivity contribution is 7.89. The summed E-state index contributed by atoms with van der Waals surface area (Å²) in [6.07, 6.45) is 4.56. The Bertz CT molecular complexity index is 872. The second-order valence-electron chi connectivity index (χ2n) is 7.08. The van der Waals surface area contributed by atoms with E-state index in [-0.39, 0.29) is 23.4 Å². The molecule has 0 bridgehead atoms. The van der Waals surface area contributed by atoms with Crippen LogP contribution in [0.3, 0.4) is 0 Å². The van der Waals surface area contributed by atoms with Crippen LogP contribution in [0.15, 0.2) is 45.0 Å². The minimum atomic E-state index is -3.57. The first-order valence-electron chi connectivity index (χ1n) is 9.09. The van der Waals surface area contributed by atoms with Gasteiger partial charge in [-0.15, -0.1) is 0 Å². The van der Waals surface area contributed by atoms with E-state index in [9.17, 15) is 8.42 Å². The molecule has 0 atom stereocenters. The lowest BCUT2D eigenvalue weighted by molar-refractivity contribution is 0.383. The zero-order valence-electron chi connectivity index (χ0n) is 16.7. The Balaban J connectivity index is 1.87. The third-order valence-electron chi connectivity index (χ3n) is 3.66. The minimum absolute atomic E-state index is 0.108. The van der Waals surface area contributed by atoms with Crippen molar-refractivity contribution in [3.05, 3.63) is 42.4 Å². The molecule has 0 aliphatic carbocycles. The molecule has 28 heavy (non-hydrogen) atoms. The van der Waals surface area contributed by atoms with E-state index >= 15 is 0 Å². The molecule has 0 aliphatic heterocycles. The van der Waals surface area contributed by atoms with E-state index in [0.717, 1.165) is 5.76 Å². The largest absolute Gasteiger partial charge is 0.443 e. The summed E-state index contributed by atoms with van der Waals surface area (Å²) in [5.74, 6) is 1.89. The van der Waals surface area contributed by atoms with Gasteiger partial charge in [0.15, 0.2) is 5.96 Å². The van der Waals surface area contributed by atoms with Gasteiger partial charge in [-0.05, 0) is 19.1 Å². The average Bonchev–Trinajstić information content (AvgIpc) is 3.13. The highest BCUT2D eigenvalue weighted by Gasteiger charge is 2.19. The van der Waals surface area contributed by atoms with E-state index in [1.807, 2.05) is 6.92 Å². The van der Waals surface area contributed by atoms with Crippen molar-refractivity contribution < 1.29 is 12.8 Å². The predicted molar refractivity (Wildman–Crippen MR) is 107 cm³/mol. The number of guanidine groups is 1. The van der Waals surface area contributed by atoms with Crippen LogP contribution < -0.4 is 15.4 Å². The summed E-state index contributed by atoms with van der Waals surface area (Å²) in [5.41, 5.74) is -0.108. The number of hydrogen-bond acceptors (Lipinski definition) is 6. The van der Waals surface area contributed by atoms with Gasteiger partial charge >= 0.3 is 0 Å². The zero-order chi connectivity index (χ0) is 20.6. The zero-order valence-corrected chi connectivity index (χ0v) is 17.5. The molecule has 2 aromatic heterocycles. The minimum Gasteiger partial charge on any atom is -0.443 e. The van der Waals surface area contributed by atoms with Gasteiger partial charge in [-0.3, -0.25) is 4.98 Å². The molecule has 9 nitrogen and oxygen atoms in total. The van der Waals surface area contributed by atoms with Gasteiger partial charge in [-0.25, -0.2) is 23.1 Å². The van der Waals surface area contributed by atoms with Gasteiger partial charge in [0, 0.05) is 37.4 Å². The van der Waals surface area contributed by atoms with Gasteiger partial charge in [0.25, 0.3) is 0 Å². The van der Waals surface area contributed by atoms with E-state index in [1.54, 1.807) is 12.3 Å². The van der Waals surface area contributed by atoms with Crippen LogP contribution in [0.25, 0.3) is 0 Å². The summed E-state index contributed by atoms with van der Waals surface area (Å²) in [4.78, 5) is 12.6. The van der Waals surface area contributed by atoms with E-state index in [1.165, 1.54) is 18.5 Å². The maximum Gasteiger partial charge on any atom is 0.242 e. The van der Waals surface area contributed by atoms with Crippen molar-refractivity contribution >= 4 is 16.0 Å². The normalized spacial score (nSPS) is 12.8. The highest BCUT2D eigenvalue weighted by atomic mass is 32.2. The fourth-order valence-electron chi connectivity index (χ4n) is 2.17. The second kappa shape index (κ2) is 9.65. The number of nitrogens with one attached hydrogen (secondary N) is 3. The summed E-state index contributed by atoms with van der Waals surface area (Å²) < 4.78 is 32.5. The first-order valence-corrected chi connectivity index (χ1v) is 10.6. The molecule has 154 valence electrons. The number of aromatic nitrogens is 2. The fourth-order valence-corrected chi connectivity index (χ4v) is 3.17. The lowest BCUT2D eigenvalue weighted by Gasteiger charge is -2.13. The third kappa shape index (κ3) is 6.61. The van der Waals surface area contributed by atoms with E-state index in [4.69, 9.17) is 4.42 Å². The van der Waals surface area contributed by atoms with Crippen LogP contribution >= 0.6 is 0 Å². The summed E-state index contributed by atoms with van der Waals surface area (Å²) in [6.45, 7) is 9.64. The molecular weight excluding hydrogens is 380 g/mol. The molecule has 0 saturated heterocycles. The van der Waals surface area contributed by atoms with Crippen molar-refractivity contribution in [1.29, 1.82) is 0 Å². The molecule has 0 saturated carbocycles. The molecule has 0 fully saturated rings. The summed E-state index contributed by atoms with van der Waals surface area (Å²) in [5, 5.41) is 6.18. The van der Waals surface area contributed by atoms with Gasteiger partial charge in [-0.1, -0.05) is 20.8 Å². The number of sulfonamides is 1. The van der Waals surface area contributed by atoms with Gasteiger partial charge < -0.3 is 15.1 Å². The second-order valence-corrected chi connectivity index (χ2v) is 8.84. The molecule has 0 unspecified atom stereocenters. The molecule has 10 heteroatoms. The van der Waals surface area contributed by atoms with E-state index in [2.05, 4.69) is 51.1 Å². The Hall–Kier alpha value is -2.46. The van der Waals surface area contributed by atoms with Crippen molar-refractivity contribution in [2.75, 3.05) is 19.6 Å². The van der Waals surface area contributed by atoms with Crippen molar-refractivity contribution in [3.63, 3.8) is 0 Å². The molecular formula is C18H28N6O3S. The maximum atomic E-state index is 12.2. The maximum absolute atomic E-state index is 12.2. The van der Waals surface area contributed by atoms with Crippen LogP contribution in [0.4, 0.5) is 0 Å². The monoisotopic (exact) mass is 408 g/mol. The van der Waals surface area contributed by atoms with Crippen molar-refractivity contribution in [1.82, 2.24) is 25.3 Å². The molecule has 0 spiro atoms. The molecule has 0 aromatic carbocycles. The SMILES string of the molecule is CCNC(=NCc1ncc(C(C)(C)C)o1)NCCNS(=O)(=O)c1cccnc1. The third-order valence-corrected chi connectivity index (χ3v) is 5.11. The van der Waals surface area contributed by atoms with Gasteiger partial charge in [0.2, 0.25) is 15.9 Å². The lowest BCUT2D eigenvalue weighted by atomic mass is 9.94. The molecule has 2 aromatic rings. The molecule has 2 rings (SSSR count).